The minimum Gasteiger partial charge on any atom is -0.268 e. The highest BCUT2D eigenvalue weighted by atomic mass is 32.2. The molecule has 2 heterocycles. The maximum atomic E-state index is 13.3. The minimum atomic E-state index is 0.0908. The Morgan fingerprint density at radius 2 is 2.00 bits per heavy atom. The average molecular weight is 342 g/mol. The first-order valence-electron chi connectivity index (χ1n) is 7.88. The van der Waals surface area contributed by atoms with Crippen molar-refractivity contribution < 1.29 is 0 Å². The summed E-state index contributed by atoms with van der Waals surface area (Å²) in [5.41, 5.74) is 3.37. The van der Waals surface area contributed by atoms with Crippen LogP contribution in [0.4, 0.5) is 0 Å². The number of benzene rings is 1. The molecule has 0 radical (unpaired) electrons. The summed E-state index contributed by atoms with van der Waals surface area (Å²) >= 11 is 3.25. The van der Waals surface area contributed by atoms with E-state index in [1.807, 2.05) is 37.4 Å². The normalized spacial score (nSPS) is 14.2. The number of rotatable bonds is 2. The molecule has 0 saturated heterocycles. The number of hydrogen-bond donors (Lipinski definition) is 0. The van der Waals surface area contributed by atoms with Crippen LogP contribution in [-0.4, -0.2) is 15.8 Å². The summed E-state index contributed by atoms with van der Waals surface area (Å²) in [6, 6.07) is 8.02. The first-order valence-corrected chi connectivity index (χ1v) is 9.92. The second-order valence-electron chi connectivity index (χ2n) is 5.92. The summed E-state index contributed by atoms with van der Waals surface area (Å²) in [5.74, 6) is 0. The molecular weight excluding hydrogens is 324 g/mol. The van der Waals surface area contributed by atoms with E-state index in [4.69, 9.17) is 4.98 Å². The highest BCUT2D eigenvalue weighted by molar-refractivity contribution is 7.98. The SMILES string of the molecule is CSc1nc2sc3c(c2c(=O)n1-c1ccccc1C)CCCC3. The van der Waals surface area contributed by atoms with Gasteiger partial charge in [-0.15, -0.1) is 11.3 Å². The van der Waals surface area contributed by atoms with E-state index >= 15 is 0 Å². The van der Waals surface area contributed by atoms with Crippen molar-refractivity contribution in [3.63, 3.8) is 0 Å². The molecule has 1 aromatic carbocycles. The zero-order chi connectivity index (χ0) is 16.0. The van der Waals surface area contributed by atoms with E-state index in [2.05, 4.69) is 0 Å². The number of hydrogen-bond acceptors (Lipinski definition) is 4. The van der Waals surface area contributed by atoms with Crippen molar-refractivity contribution in [2.45, 2.75) is 37.8 Å². The van der Waals surface area contributed by atoms with Crippen molar-refractivity contribution in [2.75, 3.05) is 6.26 Å². The third-order valence-electron chi connectivity index (χ3n) is 4.50. The summed E-state index contributed by atoms with van der Waals surface area (Å²) < 4.78 is 1.80. The Morgan fingerprint density at radius 1 is 1.22 bits per heavy atom. The molecule has 0 amide bonds. The molecule has 2 aromatic heterocycles. The Bertz CT molecular complexity index is 956. The van der Waals surface area contributed by atoms with Crippen molar-refractivity contribution in [2.24, 2.45) is 0 Å². The predicted molar refractivity (Wildman–Crippen MR) is 98.4 cm³/mol. The second kappa shape index (κ2) is 5.80. The molecule has 118 valence electrons. The van der Waals surface area contributed by atoms with Crippen LogP contribution in [0.2, 0.25) is 0 Å². The van der Waals surface area contributed by atoms with Gasteiger partial charge < -0.3 is 0 Å². The number of thioether (sulfide) groups is 1. The smallest absolute Gasteiger partial charge is 0.267 e. The van der Waals surface area contributed by atoms with Crippen molar-refractivity contribution in [1.29, 1.82) is 0 Å². The standard InChI is InChI=1S/C18H18N2OS2/c1-11-7-3-5-9-13(11)20-17(21)15-12-8-4-6-10-14(12)23-16(15)19-18(20)22-2/h3,5,7,9H,4,6,8,10H2,1-2H3. The summed E-state index contributed by atoms with van der Waals surface area (Å²) in [4.78, 5) is 20.4. The van der Waals surface area contributed by atoms with Gasteiger partial charge in [0.15, 0.2) is 5.16 Å². The first-order chi connectivity index (χ1) is 11.2. The Kier molecular flexibility index (Phi) is 3.77. The number of nitrogens with zero attached hydrogens (tertiary/aromatic N) is 2. The van der Waals surface area contributed by atoms with Crippen LogP contribution in [0.15, 0.2) is 34.2 Å². The van der Waals surface area contributed by atoms with E-state index in [9.17, 15) is 4.79 Å². The van der Waals surface area contributed by atoms with Gasteiger partial charge in [-0.2, -0.15) is 0 Å². The number of fused-ring (bicyclic) bond motifs is 3. The van der Waals surface area contributed by atoms with Gasteiger partial charge in [0.1, 0.15) is 4.83 Å². The van der Waals surface area contributed by atoms with E-state index < -0.39 is 0 Å². The van der Waals surface area contributed by atoms with Crippen LogP contribution in [0.3, 0.4) is 0 Å². The van der Waals surface area contributed by atoms with Gasteiger partial charge in [-0.25, -0.2) is 4.98 Å². The molecule has 4 rings (SSSR count). The highest BCUT2D eigenvalue weighted by Crippen LogP contribution is 2.35. The van der Waals surface area contributed by atoms with Crippen LogP contribution in [-0.2, 0) is 12.8 Å². The Labute approximate surface area is 143 Å². The molecule has 0 N–H and O–H groups in total. The van der Waals surface area contributed by atoms with Crippen molar-refractivity contribution >= 4 is 33.3 Å². The Balaban J connectivity index is 2.10. The monoisotopic (exact) mass is 342 g/mol. The van der Waals surface area contributed by atoms with Crippen molar-refractivity contribution in [3.05, 3.63) is 50.6 Å². The molecular formula is C18H18N2OS2. The predicted octanol–water partition coefficient (Wildman–Crippen LogP) is 4.36. The van der Waals surface area contributed by atoms with Gasteiger partial charge in [-0.05, 0) is 56.1 Å². The average Bonchev–Trinajstić information content (AvgIpc) is 2.94. The summed E-state index contributed by atoms with van der Waals surface area (Å²) in [6.45, 7) is 2.04. The molecule has 1 aliphatic carbocycles. The molecule has 0 saturated carbocycles. The van der Waals surface area contributed by atoms with E-state index in [0.29, 0.717) is 0 Å². The fraction of sp³-hybridized carbons (Fsp3) is 0.333. The van der Waals surface area contributed by atoms with Gasteiger partial charge in [0, 0.05) is 4.88 Å². The maximum absolute atomic E-state index is 13.3. The van der Waals surface area contributed by atoms with Gasteiger partial charge in [-0.1, -0.05) is 30.0 Å². The fourth-order valence-electron chi connectivity index (χ4n) is 3.35. The summed E-state index contributed by atoms with van der Waals surface area (Å²) in [7, 11) is 0. The van der Waals surface area contributed by atoms with Crippen molar-refractivity contribution in [1.82, 2.24) is 9.55 Å². The lowest BCUT2D eigenvalue weighted by Crippen LogP contribution is -2.22. The largest absolute Gasteiger partial charge is 0.268 e. The zero-order valence-electron chi connectivity index (χ0n) is 13.3. The van der Waals surface area contributed by atoms with Gasteiger partial charge in [0.05, 0.1) is 11.1 Å². The molecule has 3 aromatic rings. The molecule has 0 bridgehead atoms. The molecule has 0 spiro atoms. The van der Waals surface area contributed by atoms with Crippen LogP contribution < -0.4 is 5.56 Å². The molecule has 0 unspecified atom stereocenters. The van der Waals surface area contributed by atoms with Crippen LogP contribution >= 0.6 is 23.1 Å². The third kappa shape index (κ3) is 2.34. The highest BCUT2D eigenvalue weighted by Gasteiger charge is 2.22. The van der Waals surface area contributed by atoms with Crippen LogP contribution in [0.5, 0.6) is 0 Å². The second-order valence-corrected chi connectivity index (χ2v) is 7.77. The third-order valence-corrected chi connectivity index (χ3v) is 6.32. The summed E-state index contributed by atoms with van der Waals surface area (Å²) in [6.07, 6.45) is 6.48. The van der Waals surface area contributed by atoms with Crippen LogP contribution in [0.1, 0.15) is 28.8 Å². The lowest BCUT2D eigenvalue weighted by Gasteiger charge is -2.14. The molecule has 0 fully saturated rings. The summed E-state index contributed by atoms with van der Waals surface area (Å²) in [5, 5.41) is 1.63. The van der Waals surface area contributed by atoms with E-state index in [1.165, 1.54) is 35.0 Å². The quantitative estimate of drug-likeness (QED) is 0.513. The van der Waals surface area contributed by atoms with Gasteiger partial charge >= 0.3 is 0 Å². The molecule has 3 nitrogen and oxygen atoms in total. The lowest BCUT2D eigenvalue weighted by molar-refractivity contribution is 0.699. The van der Waals surface area contributed by atoms with Gasteiger partial charge in [0.25, 0.3) is 5.56 Å². The maximum Gasteiger partial charge on any atom is 0.267 e. The Hall–Kier alpha value is -1.59. The van der Waals surface area contributed by atoms with Gasteiger partial charge in [0.2, 0.25) is 0 Å². The van der Waals surface area contributed by atoms with Crippen LogP contribution in [0.25, 0.3) is 15.9 Å². The number of thiophene rings is 1. The zero-order valence-corrected chi connectivity index (χ0v) is 14.9. The minimum absolute atomic E-state index is 0.0908. The van der Waals surface area contributed by atoms with Crippen LogP contribution in [0, 0.1) is 6.92 Å². The van der Waals surface area contributed by atoms with E-state index in [0.717, 1.165) is 39.5 Å². The molecule has 5 heteroatoms. The molecule has 0 aliphatic heterocycles. The lowest BCUT2D eigenvalue weighted by atomic mass is 9.97. The number of para-hydroxylation sites is 1. The fourth-order valence-corrected chi connectivity index (χ4v) is 5.21. The van der Waals surface area contributed by atoms with E-state index in [-0.39, 0.29) is 5.56 Å². The topological polar surface area (TPSA) is 34.9 Å². The van der Waals surface area contributed by atoms with E-state index in [1.54, 1.807) is 15.9 Å². The number of aryl methyl sites for hydroxylation is 3. The number of aromatic nitrogens is 2. The van der Waals surface area contributed by atoms with Gasteiger partial charge in [-0.3, -0.25) is 9.36 Å². The Morgan fingerprint density at radius 3 is 2.78 bits per heavy atom. The molecule has 0 atom stereocenters. The first kappa shape index (κ1) is 15.0. The molecule has 1 aliphatic rings. The van der Waals surface area contributed by atoms with Crippen molar-refractivity contribution in [3.8, 4) is 5.69 Å². The molecule has 23 heavy (non-hydrogen) atoms.